The molecule has 2 rings (SSSR count). The average molecular weight is 338 g/mol. The highest BCUT2D eigenvalue weighted by molar-refractivity contribution is 9.10. The third-order valence-corrected chi connectivity index (χ3v) is 3.82. The highest BCUT2D eigenvalue weighted by Gasteiger charge is 2.06. The third kappa shape index (κ3) is 3.81. The molecule has 0 radical (unpaired) electrons. The first-order chi connectivity index (χ1) is 9.60. The van der Waals surface area contributed by atoms with Crippen LogP contribution in [0.2, 0.25) is 0 Å². The lowest BCUT2D eigenvalue weighted by molar-refractivity contribution is 0.414. The number of methoxy groups -OCH3 is 1. The molecular weight excluding hydrogens is 321 g/mol. The Morgan fingerprint density at radius 3 is 2.50 bits per heavy atom. The van der Waals surface area contributed by atoms with E-state index in [1.54, 1.807) is 19.2 Å². The van der Waals surface area contributed by atoms with Gasteiger partial charge in [-0.05, 0) is 58.2 Å². The van der Waals surface area contributed by atoms with Gasteiger partial charge in [-0.2, -0.15) is 0 Å². The topological polar surface area (TPSA) is 21.3 Å². The van der Waals surface area contributed by atoms with Crippen LogP contribution in [0.15, 0.2) is 46.9 Å². The lowest BCUT2D eigenvalue weighted by Gasteiger charge is -2.15. The maximum Gasteiger partial charge on any atom is 0.137 e. The molecule has 2 aromatic carbocycles. The van der Waals surface area contributed by atoms with E-state index >= 15 is 0 Å². The van der Waals surface area contributed by atoms with E-state index in [9.17, 15) is 4.39 Å². The molecule has 2 nitrogen and oxygen atoms in total. The maximum atomic E-state index is 13.2. The van der Waals surface area contributed by atoms with Crippen molar-refractivity contribution in [1.29, 1.82) is 0 Å². The molecule has 1 N–H and O–H groups in total. The van der Waals surface area contributed by atoms with Crippen molar-refractivity contribution in [3.63, 3.8) is 0 Å². The fourth-order valence-corrected chi connectivity index (χ4v) is 2.36. The Hall–Kier alpha value is -1.39. The Labute approximate surface area is 127 Å². The first-order valence-corrected chi connectivity index (χ1v) is 7.20. The number of hydrogen-bond acceptors (Lipinski definition) is 2. The van der Waals surface area contributed by atoms with Crippen molar-refractivity contribution in [1.82, 2.24) is 5.32 Å². The van der Waals surface area contributed by atoms with Crippen LogP contribution in [0, 0.1) is 5.82 Å². The zero-order valence-electron chi connectivity index (χ0n) is 11.5. The van der Waals surface area contributed by atoms with Gasteiger partial charge in [-0.15, -0.1) is 0 Å². The minimum atomic E-state index is -0.239. The smallest absolute Gasteiger partial charge is 0.137 e. The van der Waals surface area contributed by atoms with Crippen LogP contribution in [0.1, 0.15) is 24.1 Å². The molecule has 106 valence electrons. The molecule has 20 heavy (non-hydrogen) atoms. The zero-order valence-corrected chi connectivity index (χ0v) is 13.1. The van der Waals surface area contributed by atoms with Gasteiger partial charge in [-0.3, -0.25) is 0 Å². The van der Waals surface area contributed by atoms with E-state index in [4.69, 9.17) is 4.74 Å². The molecule has 4 heteroatoms. The maximum absolute atomic E-state index is 13.2. The van der Waals surface area contributed by atoms with Crippen molar-refractivity contribution in [2.24, 2.45) is 0 Å². The van der Waals surface area contributed by atoms with Gasteiger partial charge in [0, 0.05) is 12.6 Å². The first-order valence-electron chi connectivity index (χ1n) is 6.41. The fourth-order valence-electron chi connectivity index (χ4n) is 1.93. The summed E-state index contributed by atoms with van der Waals surface area (Å²) < 4.78 is 18.8. The molecule has 0 aliphatic rings. The molecule has 2 aromatic rings. The SMILES string of the molecule is COc1ccc([C@@H](C)NCc2ccc(F)c(Br)c2)cc1. The van der Waals surface area contributed by atoms with E-state index in [1.165, 1.54) is 11.6 Å². The van der Waals surface area contributed by atoms with Gasteiger partial charge in [0.2, 0.25) is 0 Å². The normalized spacial score (nSPS) is 12.2. The quantitative estimate of drug-likeness (QED) is 0.870. The van der Waals surface area contributed by atoms with Gasteiger partial charge in [-0.1, -0.05) is 18.2 Å². The first kappa shape index (κ1) is 15.0. The Morgan fingerprint density at radius 1 is 1.20 bits per heavy atom. The van der Waals surface area contributed by atoms with Crippen molar-refractivity contribution < 1.29 is 9.13 Å². The van der Waals surface area contributed by atoms with Gasteiger partial charge in [0.25, 0.3) is 0 Å². The Morgan fingerprint density at radius 2 is 1.90 bits per heavy atom. The van der Waals surface area contributed by atoms with Gasteiger partial charge in [0.1, 0.15) is 11.6 Å². The van der Waals surface area contributed by atoms with E-state index in [0.29, 0.717) is 11.0 Å². The summed E-state index contributed by atoms with van der Waals surface area (Å²) in [5, 5.41) is 3.42. The standard InChI is InChI=1S/C16H17BrFNO/c1-11(13-4-6-14(20-2)7-5-13)19-10-12-3-8-16(18)15(17)9-12/h3-9,11,19H,10H2,1-2H3/t11-/m1/s1. The van der Waals surface area contributed by atoms with Crippen LogP contribution in [0.5, 0.6) is 5.75 Å². The van der Waals surface area contributed by atoms with Crippen LogP contribution >= 0.6 is 15.9 Å². The zero-order chi connectivity index (χ0) is 14.5. The number of hydrogen-bond donors (Lipinski definition) is 1. The van der Waals surface area contributed by atoms with Gasteiger partial charge >= 0.3 is 0 Å². The Balaban J connectivity index is 1.96. The lowest BCUT2D eigenvalue weighted by Crippen LogP contribution is -2.18. The molecule has 0 bridgehead atoms. The highest BCUT2D eigenvalue weighted by atomic mass is 79.9. The summed E-state index contributed by atoms with van der Waals surface area (Å²) in [5.41, 5.74) is 2.23. The molecule has 0 fully saturated rings. The van der Waals surface area contributed by atoms with Crippen molar-refractivity contribution >= 4 is 15.9 Å². The predicted molar refractivity (Wildman–Crippen MR) is 82.3 cm³/mol. The lowest BCUT2D eigenvalue weighted by atomic mass is 10.1. The molecule has 0 aliphatic heterocycles. The average Bonchev–Trinajstić information content (AvgIpc) is 2.48. The summed E-state index contributed by atoms with van der Waals surface area (Å²) in [6.45, 7) is 2.78. The molecule has 0 aromatic heterocycles. The second kappa shape index (κ2) is 6.86. The molecule has 0 aliphatic carbocycles. The van der Waals surface area contributed by atoms with Crippen LogP contribution in [0.25, 0.3) is 0 Å². The van der Waals surface area contributed by atoms with Crippen LogP contribution < -0.4 is 10.1 Å². The summed E-state index contributed by atoms with van der Waals surface area (Å²) in [6, 6.07) is 13.2. The van der Waals surface area contributed by atoms with Crippen LogP contribution in [-0.4, -0.2) is 7.11 Å². The molecule has 1 atom stereocenters. The summed E-state index contributed by atoms with van der Waals surface area (Å²) in [7, 11) is 1.66. The van der Waals surface area contributed by atoms with E-state index in [-0.39, 0.29) is 11.9 Å². The largest absolute Gasteiger partial charge is 0.497 e. The summed E-state index contributed by atoms with van der Waals surface area (Å²) in [5.74, 6) is 0.611. The Kier molecular flexibility index (Phi) is 5.15. The summed E-state index contributed by atoms with van der Waals surface area (Å²) in [6.07, 6.45) is 0. The van der Waals surface area contributed by atoms with Crippen LogP contribution in [0.4, 0.5) is 4.39 Å². The third-order valence-electron chi connectivity index (χ3n) is 3.21. The molecule has 0 heterocycles. The number of benzene rings is 2. The molecule has 0 spiro atoms. The van der Waals surface area contributed by atoms with Crippen molar-refractivity contribution in [2.75, 3.05) is 7.11 Å². The molecule has 0 unspecified atom stereocenters. The van der Waals surface area contributed by atoms with Crippen LogP contribution in [-0.2, 0) is 6.54 Å². The van der Waals surface area contributed by atoms with E-state index in [2.05, 4.69) is 28.2 Å². The molecule has 0 saturated heterocycles. The molecule has 0 saturated carbocycles. The van der Waals surface area contributed by atoms with Crippen molar-refractivity contribution in [3.05, 3.63) is 63.9 Å². The fraction of sp³-hybridized carbons (Fsp3) is 0.250. The highest BCUT2D eigenvalue weighted by Crippen LogP contribution is 2.19. The molecule has 0 amide bonds. The number of rotatable bonds is 5. The van der Waals surface area contributed by atoms with Crippen molar-refractivity contribution in [3.8, 4) is 5.75 Å². The van der Waals surface area contributed by atoms with Gasteiger partial charge in [0.15, 0.2) is 0 Å². The monoisotopic (exact) mass is 337 g/mol. The number of ether oxygens (including phenoxy) is 1. The Bertz CT molecular complexity index is 571. The number of nitrogens with one attached hydrogen (secondary N) is 1. The van der Waals surface area contributed by atoms with Gasteiger partial charge in [0.05, 0.1) is 11.6 Å². The van der Waals surface area contributed by atoms with Crippen LogP contribution in [0.3, 0.4) is 0 Å². The minimum Gasteiger partial charge on any atom is -0.497 e. The summed E-state index contributed by atoms with van der Waals surface area (Å²) >= 11 is 3.20. The predicted octanol–water partition coefficient (Wildman–Crippen LogP) is 4.45. The molecular formula is C16H17BrFNO. The van der Waals surface area contributed by atoms with E-state index in [1.807, 2.05) is 24.3 Å². The number of halogens is 2. The second-order valence-electron chi connectivity index (χ2n) is 4.62. The summed E-state index contributed by atoms with van der Waals surface area (Å²) in [4.78, 5) is 0. The van der Waals surface area contributed by atoms with Crippen molar-refractivity contribution in [2.45, 2.75) is 19.5 Å². The minimum absolute atomic E-state index is 0.213. The second-order valence-corrected chi connectivity index (χ2v) is 5.48. The van der Waals surface area contributed by atoms with Gasteiger partial charge in [-0.25, -0.2) is 4.39 Å². The van der Waals surface area contributed by atoms with E-state index < -0.39 is 0 Å². The van der Waals surface area contributed by atoms with E-state index in [0.717, 1.165) is 11.3 Å². The van der Waals surface area contributed by atoms with Gasteiger partial charge < -0.3 is 10.1 Å².